The summed E-state index contributed by atoms with van der Waals surface area (Å²) in [6, 6.07) is 4.53. The predicted octanol–water partition coefficient (Wildman–Crippen LogP) is 2.04. The minimum Gasteiger partial charge on any atom is -0.257 e. The Morgan fingerprint density at radius 1 is 1.42 bits per heavy atom. The zero-order valence-corrected chi connectivity index (χ0v) is 11.5. The number of nitriles is 1. The van der Waals surface area contributed by atoms with E-state index in [0.29, 0.717) is 11.6 Å². The molecule has 0 atom stereocenters. The van der Waals surface area contributed by atoms with E-state index in [4.69, 9.17) is 0 Å². The van der Waals surface area contributed by atoms with Crippen LogP contribution < -0.4 is 0 Å². The molecule has 1 aliphatic carbocycles. The molecule has 0 aromatic carbocycles. The monoisotopic (exact) mass is 272 g/mol. The summed E-state index contributed by atoms with van der Waals surface area (Å²) in [5, 5.41) is 21.8. The maximum Gasteiger partial charge on any atom is 0.214 e. The molecule has 0 radical (unpaired) electrons. The van der Waals surface area contributed by atoms with Gasteiger partial charge in [-0.3, -0.25) is 4.98 Å². The molecule has 2 aromatic rings. The second-order valence-corrected chi connectivity index (χ2v) is 5.58. The van der Waals surface area contributed by atoms with Crippen molar-refractivity contribution in [3.05, 3.63) is 23.0 Å². The number of rotatable bonds is 3. The Morgan fingerprint density at radius 2 is 2.21 bits per heavy atom. The third kappa shape index (κ3) is 2.31. The summed E-state index contributed by atoms with van der Waals surface area (Å²) in [4.78, 5) is 5.17. The van der Waals surface area contributed by atoms with E-state index in [1.165, 1.54) is 11.8 Å². The van der Waals surface area contributed by atoms with Gasteiger partial charge in [0.05, 0.1) is 17.3 Å². The molecule has 0 unspecified atom stereocenters. The molecule has 2 heterocycles. The smallest absolute Gasteiger partial charge is 0.214 e. The molecule has 3 rings (SSSR count). The summed E-state index contributed by atoms with van der Waals surface area (Å²) in [7, 11) is 0. The number of hydrogen-bond donors (Lipinski definition) is 0. The summed E-state index contributed by atoms with van der Waals surface area (Å²) >= 11 is 1.43. The molecule has 0 bridgehead atoms. The van der Waals surface area contributed by atoms with Gasteiger partial charge in [-0.2, -0.15) is 5.26 Å². The molecular formula is C12H12N6S. The van der Waals surface area contributed by atoms with Crippen LogP contribution in [0.4, 0.5) is 0 Å². The van der Waals surface area contributed by atoms with Crippen LogP contribution in [0.1, 0.15) is 35.8 Å². The van der Waals surface area contributed by atoms with Gasteiger partial charge in [0.25, 0.3) is 0 Å². The summed E-state index contributed by atoms with van der Waals surface area (Å²) in [5.41, 5.74) is 2.24. The van der Waals surface area contributed by atoms with Crippen molar-refractivity contribution < 1.29 is 0 Å². The minimum absolute atomic E-state index is 0.423. The van der Waals surface area contributed by atoms with Crippen molar-refractivity contribution >= 4 is 11.8 Å². The third-order valence-corrected chi connectivity index (χ3v) is 3.95. The Bertz CT molecular complexity index is 667. The third-order valence-electron chi connectivity index (χ3n) is 2.96. The minimum atomic E-state index is 0.423. The lowest BCUT2D eigenvalue weighted by Crippen LogP contribution is -2.00. The number of aromatic nitrogens is 5. The van der Waals surface area contributed by atoms with Crippen LogP contribution in [0.25, 0.3) is 0 Å². The quantitative estimate of drug-likeness (QED) is 0.850. The predicted molar refractivity (Wildman–Crippen MR) is 68.6 cm³/mol. The fourth-order valence-corrected chi connectivity index (χ4v) is 2.99. The van der Waals surface area contributed by atoms with Crippen molar-refractivity contribution in [3.8, 4) is 6.07 Å². The molecule has 0 amide bonds. The summed E-state index contributed by atoms with van der Waals surface area (Å²) < 4.78 is 1.84. The molecule has 19 heavy (non-hydrogen) atoms. The van der Waals surface area contributed by atoms with Crippen LogP contribution in [0.5, 0.6) is 0 Å². The van der Waals surface area contributed by atoms with E-state index in [1.54, 1.807) is 0 Å². The average Bonchev–Trinajstić information content (AvgIpc) is 3.10. The van der Waals surface area contributed by atoms with E-state index in [0.717, 1.165) is 34.3 Å². The maximum absolute atomic E-state index is 9.25. The molecule has 6 nitrogen and oxygen atoms in total. The van der Waals surface area contributed by atoms with Gasteiger partial charge in [0.2, 0.25) is 5.16 Å². The van der Waals surface area contributed by atoms with Crippen molar-refractivity contribution in [1.29, 1.82) is 5.26 Å². The van der Waals surface area contributed by atoms with Gasteiger partial charge in [-0.05, 0) is 54.9 Å². The van der Waals surface area contributed by atoms with Crippen molar-refractivity contribution in [1.82, 2.24) is 25.2 Å². The van der Waals surface area contributed by atoms with E-state index >= 15 is 0 Å². The van der Waals surface area contributed by atoms with Crippen LogP contribution in [0.2, 0.25) is 0 Å². The highest BCUT2D eigenvalue weighted by molar-refractivity contribution is 7.99. The lowest BCUT2D eigenvalue weighted by atomic mass is 10.2. The molecule has 0 N–H and O–H groups in total. The fraction of sp³-hybridized carbons (Fsp3) is 0.417. The molecule has 7 heteroatoms. The van der Waals surface area contributed by atoms with Gasteiger partial charge in [-0.15, -0.1) is 5.10 Å². The van der Waals surface area contributed by atoms with Crippen molar-refractivity contribution in [2.75, 3.05) is 0 Å². The number of pyridine rings is 1. The van der Waals surface area contributed by atoms with Gasteiger partial charge in [-0.25, -0.2) is 4.68 Å². The lowest BCUT2D eigenvalue weighted by Gasteiger charge is -2.07. The summed E-state index contributed by atoms with van der Waals surface area (Å²) in [6.45, 7) is 3.77. The molecule has 0 spiro atoms. The standard InChI is InChI=1S/C12H12N6S/c1-7-5-11(10(6-13)8(2)14-7)19-12-15-16-17-18(12)9-3-4-9/h5,9H,3-4H2,1-2H3. The summed E-state index contributed by atoms with van der Waals surface area (Å²) in [6.07, 6.45) is 2.25. The largest absolute Gasteiger partial charge is 0.257 e. The molecule has 0 saturated heterocycles. The normalized spacial score (nSPS) is 14.4. The van der Waals surface area contributed by atoms with Gasteiger partial charge in [0, 0.05) is 10.6 Å². The maximum atomic E-state index is 9.25. The molecule has 0 aliphatic heterocycles. The van der Waals surface area contributed by atoms with Gasteiger partial charge in [0.1, 0.15) is 6.07 Å². The van der Waals surface area contributed by atoms with Gasteiger partial charge >= 0.3 is 0 Å². The first-order valence-electron chi connectivity index (χ1n) is 6.03. The van der Waals surface area contributed by atoms with Crippen LogP contribution >= 0.6 is 11.8 Å². The molecule has 96 valence electrons. The van der Waals surface area contributed by atoms with Crippen LogP contribution in [-0.2, 0) is 0 Å². The first kappa shape index (κ1) is 12.1. The molecular weight excluding hydrogens is 260 g/mol. The van der Waals surface area contributed by atoms with Crippen LogP contribution in [0.15, 0.2) is 16.1 Å². The highest BCUT2D eigenvalue weighted by atomic mass is 32.2. The summed E-state index contributed by atoms with van der Waals surface area (Å²) in [5.74, 6) is 0. The van der Waals surface area contributed by atoms with E-state index in [9.17, 15) is 5.26 Å². The average molecular weight is 272 g/mol. The first-order valence-corrected chi connectivity index (χ1v) is 6.84. The molecule has 1 saturated carbocycles. The zero-order chi connectivity index (χ0) is 13.4. The SMILES string of the molecule is Cc1cc(Sc2nnnn2C2CC2)c(C#N)c(C)n1. The zero-order valence-electron chi connectivity index (χ0n) is 10.7. The van der Waals surface area contributed by atoms with Gasteiger partial charge in [-0.1, -0.05) is 0 Å². The topological polar surface area (TPSA) is 80.3 Å². The van der Waals surface area contributed by atoms with Crippen LogP contribution in [-0.4, -0.2) is 25.2 Å². The van der Waals surface area contributed by atoms with E-state index in [-0.39, 0.29) is 0 Å². The van der Waals surface area contributed by atoms with Crippen LogP contribution in [0.3, 0.4) is 0 Å². The van der Waals surface area contributed by atoms with E-state index in [1.807, 2.05) is 24.6 Å². The Balaban J connectivity index is 1.99. The molecule has 2 aromatic heterocycles. The van der Waals surface area contributed by atoms with Gasteiger partial charge < -0.3 is 0 Å². The number of nitrogens with zero attached hydrogens (tertiary/aromatic N) is 6. The number of tetrazole rings is 1. The number of aryl methyl sites for hydroxylation is 2. The first-order chi connectivity index (χ1) is 9.19. The Labute approximate surface area is 114 Å². The van der Waals surface area contributed by atoms with E-state index in [2.05, 4.69) is 26.6 Å². The fourth-order valence-electron chi connectivity index (χ4n) is 1.91. The Kier molecular flexibility index (Phi) is 2.95. The Morgan fingerprint density at radius 3 is 2.89 bits per heavy atom. The van der Waals surface area contributed by atoms with Gasteiger partial charge in [0.15, 0.2) is 0 Å². The number of hydrogen-bond acceptors (Lipinski definition) is 6. The molecule has 1 fully saturated rings. The van der Waals surface area contributed by atoms with Crippen molar-refractivity contribution in [3.63, 3.8) is 0 Å². The highest BCUT2D eigenvalue weighted by Gasteiger charge is 2.28. The van der Waals surface area contributed by atoms with Crippen molar-refractivity contribution in [2.45, 2.75) is 42.8 Å². The lowest BCUT2D eigenvalue weighted by molar-refractivity contribution is 0.565. The second-order valence-electron chi connectivity index (χ2n) is 4.57. The highest BCUT2D eigenvalue weighted by Crippen LogP contribution is 2.38. The van der Waals surface area contributed by atoms with Crippen molar-refractivity contribution in [2.24, 2.45) is 0 Å². The molecule has 1 aliphatic rings. The Hall–Kier alpha value is -1.94. The van der Waals surface area contributed by atoms with Crippen LogP contribution in [0, 0.1) is 25.2 Å². The van der Waals surface area contributed by atoms with E-state index < -0.39 is 0 Å². The second kappa shape index (κ2) is 4.63.